The largest absolute Gasteiger partial charge is 0.548 e. The number of nitrogens with one attached hydrogen (secondary N) is 1. The summed E-state index contributed by atoms with van der Waals surface area (Å²) in [6.07, 6.45) is 3.94. The fourth-order valence-corrected chi connectivity index (χ4v) is 5.07. The highest BCUT2D eigenvalue weighted by Crippen LogP contribution is 2.41. The van der Waals surface area contributed by atoms with E-state index in [9.17, 15) is 14.7 Å². The van der Waals surface area contributed by atoms with Gasteiger partial charge in [0.15, 0.2) is 0 Å². The molecule has 0 saturated heterocycles. The smallest absolute Gasteiger partial charge is 0.223 e. The Labute approximate surface area is 199 Å². The van der Waals surface area contributed by atoms with Crippen molar-refractivity contribution in [3.63, 3.8) is 0 Å². The molecule has 2 unspecified atom stereocenters. The lowest BCUT2D eigenvalue weighted by Gasteiger charge is -2.45. The van der Waals surface area contributed by atoms with E-state index in [4.69, 9.17) is 0 Å². The average Bonchev–Trinajstić information content (AvgIpc) is 3.52. The molecule has 1 saturated carbocycles. The maximum atomic E-state index is 13.2. The highest BCUT2D eigenvalue weighted by atomic mass is 16.4. The van der Waals surface area contributed by atoms with Gasteiger partial charge in [-0.2, -0.15) is 5.21 Å². The molecule has 1 aliphatic rings. The van der Waals surface area contributed by atoms with Gasteiger partial charge in [-0.15, -0.1) is 10.2 Å². The molecule has 1 amide bonds. The number of carbonyl (C=O) groups is 2. The Balaban J connectivity index is 1.64. The van der Waals surface area contributed by atoms with E-state index in [-0.39, 0.29) is 18.4 Å². The van der Waals surface area contributed by atoms with Crippen LogP contribution in [0.5, 0.6) is 0 Å². The van der Waals surface area contributed by atoms with E-state index in [2.05, 4.69) is 20.6 Å². The zero-order valence-corrected chi connectivity index (χ0v) is 19.7. The van der Waals surface area contributed by atoms with Gasteiger partial charge < -0.3 is 14.8 Å². The molecule has 0 radical (unpaired) electrons. The SMILES string of the molecule is CCCCC(=O)N(Cc1ccc(-c2ccccc2-c2nn[nH]n2)cc1)C1(C(=O)[O-])CCCC1C. The van der Waals surface area contributed by atoms with Crippen LogP contribution in [-0.4, -0.2) is 42.9 Å². The van der Waals surface area contributed by atoms with E-state index in [1.54, 1.807) is 4.90 Å². The third-order valence-electron chi connectivity index (χ3n) is 7.01. The lowest BCUT2D eigenvalue weighted by atomic mass is 9.85. The lowest BCUT2D eigenvalue weighted by Crippen LogP contribution is -2.63. The number of hydrogen-bond donors (Lipinski definition) is 1. The van der Waals surface area contributed by atoms with E-state index < -0.39 is 11.5 Å². The molecule has 0 aliphatic heterocycles. The van der Waals surface area contributed by atoms with Crippen LogP contribution in [0.2, 0.25) is 0 Å². The molecule has 2 aromatic carbocycles. The summed E-state index contributed by atoms with van der Waals surface area (Å²) in [7, 11) is 0. The first kappa shape index (κ1) is 23.6. The number of tetrazole rings is 1. The summed E-state index contributed by atoms with van der Waals surface area (Å²) in [6, 6.07) is 15.7. The minimum atomic E-state index is -1.26. The summed E-state index contributed by atoms with van der Waals surface area (Å²) in [5, 5.41) is 26.7. The Morgan fingerprint density at radius 2 is 1.88 bits per heavy atom. The van der Waals surface area contributed by atoms with Gasteiger partial charge in [0.05, 0.1) is 11.5 Å². The zero-order valence-electron chi connectivity index (χ0n) is 19.7. The van der Waals surface area contributed by atoms with Crippen LogP contribution in [-0.2, 0) is 16.1 Å². The van der Waals surface area contributed by atoms with E-state index in [1.165, 1.54) is 0 Å². The first-order valence-electron chi connectivity index (χ1n) is 11.9. The Hall–Kier alpha value is -3.55. The quantitative estimate of drug-likeness (QED) is 0.524. The van der Waals surface area contributed by atoms with Gasteiger partial charge in [-0.3, -0.25) is 4.79 Å². The van der Waals surface area contributed by atoms with Gasteiger partial charge in [-0.1, -0.05) is 75.2 Å². The van der Waals surface area contributed by atoms with Crippen molar-refractivity contribution in [3.8, 4) is 22.5 Å². The zero-order chi connectivity index (χ0) is 24.1. The lowest BCUT2D eigenvalue weighted by molar-refractivity contribution is -0.321. The molecule has 178 valence electrons. The third-order valence-corrected chi connectivity index (χ3v) is 7.01. The number of H-pyrrole nitrogens is 1. The first-order valence-corrected chi connectivity index (χ1v) is 11.9. The average molecular weight is 461 g/mol. The number of carbonyl (C=O) groups excluding carboxylic acids is 2. The Morgan fingerprint density at radius 3 is 2.47 bits per heavy atom. The number of nitrogens with zero attached hydrogens (tertiary/aromatic N) is 4. The summed E-state index contributed by atoms with van der Waals surface area (Å²) < 4.78 is 0. The second-order valence-corrected chi connectivity index (χ2v) is 9.07. The Morgan fingerprint density at radius 1 is 1.15 bits per heavy atom. The van der Waals surface area contributed by atoms with Crippen LogP contribution in [0.3, 0.4) is 0 Å². The predicted octanol–water partition coefficient (Wildman–Crippen LogP) is 3.36. The molecule has 1 aliphatic carbocycles. The summed E-state index contributed by atoms with van der Waals surface area (Å²) in [6.45, 7) is 4.18. The normalized spacial score (nSPS) is 19.8. The fourth-order valence-electron chi connectivity index (χ4n) is 5.07. The first-order chi connectivity index (χ1) is 16.5. The van der Waals surface area contributed by atoms with Crippen LogP contribution in [0, 0.1) is 5.92 Å². The molecule has 2 atom stereocenters. The number of amides is 1. The highest BCUT2D eigenvalue weighted by Gasteiger charge is 2.48. The van der Waals surface area contributed by atoms with E-state index in [0.717, 1.165) is 47.9 Å². The maximum Gasteiger partial charge on any atom is 0.223 e. The van der Waals surface area contributed by atoms with Gasteiger partial charge in [0.2, 0.25) is 11.7 Å². The molecule has 4 rings (SSSR count). The molecule has 8 nitrogen and oxygen atoms in total. The van der Waals surface area contributed by atoms with Gasteiger partial charge >= 0.3 is 0 Å². The summed E-state index contributed by atoms with van der Waals surface area (Å²) in [5.41, 5.74) is 2.41. The van der Waals surface area contributed by atoms with Crippen molar-refractivity contribution in [2.24, 2.45) is 5.92 Å². The van der Waals surface area contributed by atoms with Crippen molar-refractivity contribution in [2.45, 2.75) is 64.5 Å². The predicted molar refractivity (Wildman–Crippen MR) is 126 cm³/mol. The number of aromatic amines is 1. The summed E-state index contributed by atoms with van der Waals surface area (Å²) >= 11 is 0. The number of carboxylic acid groups (broad SMARTS) is 1. The van der Waals surface area contributed by atoms with E-state index in [0.29, 0.717) is 18.7 Å². The van der Waals surface area contributed by atoms with Crippen LogP contribution >= 0.6 is 0 Å². The molecule has 3 aromatic rings. The van der Waals surface area contributed by atoms with Crippen molar-refractivity contribution >= 4 is 11.9 Å². The topological polar surface area (TPSA) is 115 Å². The number of unbranched alkanes of at least 4 members (excludes halogenated alkanes) is 1. The van der Waals surface area contributed by atoms with Gasteiger partial charge in [0, 0.05) is 18.5 Å². The van der Waals surface area contributed by atoms with Crippen LogP contribution < -0.4 is 5.11 Å². The number of carboxylic acids is 1. The summed E-state index contributed by atoms with van der Waals surface area (Å²) in [5.74, 6) is -0.901. The monoisotopic (exact) mass is 460 g/mol. The molecule has 1 aromatic heterocycles. The molecular formula is C26H30N5O3-. The molecule has 34 heavy (non-hydrogen) atoms. The Kier molecular flexibility index (Phi) is 7.05. The van der Waals surface area contributed by atoms with Crippen LogP contribution in [0.15, 0.2) is 48.5 Å². The van der Waals surface area contributed by atoms with Gasteiger partial charge in [-0.05, 0) is 47.1 Å². The van der Waals surface area contributed by atoms with E-state index >= 15 is 0 Å². The van der Waals surface area contributed by atoms with Crippen molar-refractivity contribution in [1.29, 1.82) is 0 Å². The number of aliphatic carboxylic acids is 1. The summed E-state index contributed by atoms with van der Waals surface area (Å²) in [4.78, 5) is 27.2. The molecule has 0 bridgehead atoms. The van der Waals surface area contributed by atoms with Crippen LogP contribution in [0.4, 0.5) is 0 Å². The minimum Gasteiger partial charge on any atom is -0.548 e. The van der Waals surface area contributed by atoms with Crippen molar-refractivity contribution in [2.75, 3.05) is 0 Å². The van der Waals surface area contributed by atoms with Crippen molar-refractivity contribution < 1.29 is 14.7 Å². The second kappa shape index (κ2) is 10.2. The number of rotatable bonds is 9. The third kappa shape index (κ3) is 4.44. The maximum absolute atomic E-state index is 13.2. The van der Waals surface area contributed by atoms with Crippen LogP contribution in [0.1, 0.15) is 57.9 Å². The number of aromatic nitrogens is 4. The standard InChI is InChI=1S/C26H31N5O3/c1-3-4-11-23(32)31(26(25(33)34)16-7-8-18(26)2)17-19-12-14-20(15-13-19)21-9-5-6-10-22(21)24-27-29-30-28-24/h5-6,9-10,12-15,18H,3-4,7-8,11,16-17H2,1-2H3,(H,33,34)(H,27,28,29,30)/p-1. The second-order valence-electron chi connectivity index (χ2n) is 9.07. The molecular weight excluding hydrogens is 430 g/mol. The van der Waals surface area contributed by atoms with Gasteiger partial charge in [0.1, 0.15) is 0 Å². The van der Waals surface area contributed by atoms with E-state index in [1.807, 2.05) is 62.4 Å². The molecule has 1 N–H and O–H groups in total. The Bertz CT molecular complexity index is 1130. The molecule has 8 heteroatoms. The molecule has 1 heterocycles. The van der Waals surface area contributed by atoms with Crippen molar-refractivity contribution in [1.82, 2.24) is 25.5 Å². The minimum absolute atomic E-state index is 0.119. The van der Waals surface area contributed by atoms with Crippen molar-refractivity contribution in [3.05, 3.63) is 54.1 Å². The number of hydrogen-bond acceptors (Lipinski definition) is 6. The highest BCUT2D eigenvalue weighted by molar-refractivity contribution is 5.87. The molecule has 0 spiro atoms. The van der Waals surface area contributed by atoms with Gasteiger partial charge in [-0.25, -0.2) is 0 Å². The van der Waals surface area contributed by atoms with Gasteiger partial charge in [0.25, 0.3) is 0 Å². The van der Waals surface area contributed by atoms with Crippen LogP contribution in [0.25, 0.3) is 22.5 Å². The number of benzene rings is 2. The fraction of sp³-hybridized carbons (Fsp3) is 0.423. The molecule has 1 fully saturated rings.